The van der Waals surface area contributed by atoms with Crippen LogP contribution < -0.4 is 11.3 Å². The van der Waals surface area contributed by atoms with E-state index in [1.807, 2.05) is 0 Å². The van der Waals surface area contributed by atoms with E-state index in [2.05, 4.69) is 49.4 Å². The van der Waals surface area contributed by atoms with E-state index in [9.17, 15) is 0 Å². The lowest BCUT2D eigenvalue weighted by atomic mass is 9.82. The minimum absolute atomic E-state index is 0.406. The van der Waals surface area contributed by atoms with Crippen LogP contribution in [0.5, 0.6) is 0 Å². The highest BCUT2D eigenvalue weighted by Crippen LogP contribution is 2.39. The number of fused-ring (bicyclic) bond motifs is 2. The van der Waals surface area contributed by atoms with Gasteiger partial charge in [-0.15, -0.1) is 0 Å². The SMILES string of the molecule is Cc1cc(C)cc(CC(NN)C2CC3CCC(C2)N3C)c1. The van der Waals surface area contributed by atoms with Gasteiger partial charge < -0.3 is 4.90 Å². The maximum Gasteiger partial charge on any atom is 0.0280 e. The fourth-order valence-corrected chi connectivity index (χ4v) is 4.58. The zero-order valence-electron chi connectivity index (χ0n) is 13.6. The molecule has 3 N–H and O–H groups in total. The molecule has 3 nitrogen and oxygen atoms in total. The molecule has 1 aromatic rings. The van der Waals surface area contributed by atoms with Crippen LogP contribution in [0.15, 0.2) is 18.2 Å². The molecule has 0 radical (unpaired) electrons. The number of nitrogens with one attached hydrogen (secondary N) is 1. The highest BCUT2D eigenvalue weighted by atomic mass is 15.2. The van der Waals surface area contributed by atoms with Crippen LogP contribution in [0.25, 0.3) is 0 Å². The van der Waals surface area contributed by atoms with Crippen molar-refractivity contribution in [2.45, 2.75) is 64.1 Å². The van der Waals surface area contributed by atoms with Crippen LogP contribution in [-0.2, 0) is 6.42 Å². The lowest BCUT2D eigenvalue weighted by Gasteiger charge is -2.39. The largest absolute Gasteiger partial charge is 0.300 e. The molecule has 0 spiro atoms. The molecule has 0 saturated carbocycles. The van der Waals surface area contributed by atoms with Crippen molar-refractivity contribution in [1.82, 2.24) is 10.3 Å². The Kier molecular flexibility index (Phi) is 4.34. The smallest absolute Gasteiger partial charge is 0.0280 e. The van der Waals surface area contributed by atoms with E-state index in [1.54, 1.807) is 0 Å². The molecule has 3 heteroatoms. The van der Waals surface area contributed by atoms with Crippen molar-refractivity contribution in [1.29, 1.82) is 0 Å². The molecule has 2 fully saturated rings. The van der Waals surface area contributed by atoms with Crippen molar-refractivity contribution in [3.05, 3.63) is 34.9 Å². The van der Waals surface area contributed by atoms with Crippen LogP contribution in [0.3, 0.4) is 0 Å². The Balaban J connectivity index is 1.71. The normalized spacial score (nSPS) is 30.6. The average Bonchev–Trinajstić information content (AvgIpc) is 2.65. The van der Waals surface area contributed by atoms with Crippen molar-refractivity contribution in [3.8, 4) is 0 Å². The first-order chi connectivity index (χ1) is 10.1. The maximum atomic E-state index is 5.91. The summed E-state index contributed by atoms with van der Waals surface area (Å²) in [6.45, 7) is 4.36. The molecule has 0 aliphatic carbocycles. The molecule has 3 atom stereocenters. The number of benzene rings is 1. The Labute approximate surface area is 128 Å². The van der Waals surface area contributed by atoms with E-state index in [1.165, 1.54) is 42.4 Å². The van der Waals surface area contributed by atoms with Gasteiger partial charge >= 0.3 is 0 Å². The number of hydrazine groups is 1. The van der Waals surface area contributed by atoms with Gasteiger partial charge in [0.1, 0.15) is 0 Å². The van der Waals surface area contributed by atoms with Crippen molar-refractivity contribution in [2.24, 2.45) is 11.8 Å². The van der Waals surface area contributed by atoms with E-state index in [0.29, 0.717) is 12.0 Å². The van der Waals surface area contributed by atoms with Crippen molar-refractivity contribution in [2.75, 3.05) is 7.05 Å². The predicted octanol–water partition coefficient (Wildman–Crippen LogP) is 2.55. The fraction of sp³-hybridized carbons (Fsp3) is 0.667. The molecule has 0 amide bonds. The summed E-state index contributed by atoms with van der Waals surface area (Å²) in [7, 11) is 2.30. The summed E-state index contributed by atoms with van der Waals surface area (Å²) in [5, 5.41) is 0. The van der Waals surface area contributed by atoms with Gasteiger partial charge in [0, 0.05) is 18.1 Å². The van der Waals surface area contributed by atoms with E-state index in [0.717, 1.165) is 18.5 Å². The monoisotopic (exact) mass is 287 g/mol. The molecule has 2 heterocycles. The first-order valence-electron chi connectivity index (χ1n) is 8.32. The van der Waals surface area contributed by atoms with Gasteiger partial charge in [-0.3, -0.25) is 11.3 Å². The molecular formula is C18H29N3. The maximum absolute atomic E-state index is 5.91. The Bertz CT molecular complexity index is 465. The molecule has 3 unspecified atom stereocenters. The second-order valence-electron chi connectivity index (χ2n) is 7.26. The number of hydrogen-bond acceptors (Lipinski definition) is 3. The number of nitrogens with two attached hydrogens (primary N) is 1. The summed E-state index contributed by atoms with van der Waals surface area (Å²) < 4.78 is 0. The van der Waals surface area contributed by atoms with Gasteiger partial charge in [-0.05, 0) is 64.5 Å². The molecule has 1 aromatic carbocycles. The fourth-order valence-electron chi connectivity index (χ4n) is 4.58. The third-order valence-electron chi connectivity index (χ3n) is 5.65. The van der Waals surface area contributed by atoms with Crippen molar-refractivity contribution in [3.63, 3.8) is 0 Å². The topological polar surface area (TPSA) is 41.3 Å². The third kappa shape index (κ3) is 3.15. The Morgan fingerprint density at radius 1 is 1.14 bits per heavy atom. The number of nitrogens with zero attached hydrogens (tertiary/aromatic N) is 1. The summed E-state index contributed by atoms with van der Waals surface area (Å²) in [5.41, 5.74) is 7.24. The summed E-state index contributed by atoms with van der Waals surface area (Å²) in [6, 6.07) is 8.82. The molecule has 0 aromatic heterocycles. The van der Waals surface area contributed by atoms with Gasteiger partial charge in [0.2, 0.25) is 0 Å². The zero-order valence-corrected chi connectivity index (χ0v) is 13.6. The van der Waals surface area contributed by atoms with Crippen LogP contribution in [0.1, 0.15) is 42.4 Å². The van der Waals surface area contributed by atoms with Crippen LogP contribution in [0, 0.1) is 19.8 Å². The van der Waals surface area contributed by atoms with E-state index in [4.69, 9.17) is 5.84 Å². The van der Waals surface area contributed by atoms with E-state index in [-0.39, 0.29) is 0 Å². The first kappa shape index (κ1) is 15.0. The van der Waals surface area contributed by atoms with E-state index < -0.39 is 0 Å². The summed E-state index contributed by atoms with van der Waals surface area (Å²) in [6.07, 6.45) is 6.39. The number of hydrogen-bond donors (Lipinski definition) is 2. The zero-order chi connectivity index (χ0) is 15.0. The molecule has 2 aliphatic heterocycles. The van der Waals surface area contributed by atoms with Gasteiger partial charge in [0.15, 0.2) is 0 Å². The minimum atomic E-state index is 0.406. The van der Waals surface area contributed by atoms with E-state index >= 15 is 0 Å². The highest BCUT2D eigenvalue weighted by molar-refractivity contribution is 5.29. The standard InChI is InChI=1S/C18H29N3/c1-12-6-13(2)8-14(7-12)9-18(20-19)15-10-16-4-5-17(11-15)21(16)3/h6-8,15-18,20H,4-5,9-11,19H2,1-3H3. The van der Waals surface area contributed by atoms with Crippen LogP contribution in [0.2, 0.25) is 0 Å². The van der Waals surface area contributed by atoms with Gasteiger partial charge in [0.05, 0.1) is 0 Å². The highest BCUT2D eigenvalue weighted by Gasteiger charge is 2.40. The number of piperidine rings is 1. The van der Waals surface area contributed by atoms with Crippen molar-refractivity contribution >= 4 is 0 Å². The van der Waals surface area contributed by atoms with Gasteiger partial charge in [0.25, 0.3) is 0 Å². The van der Waals surface area contributed by atoms with Gasteiger partial charge in [-0.1, -0.05) is 29.3 Å². The molecule has 2 saturated heterocycles. The quantitative estimate of drug-likeness (QED) is 0.660. The third-order valence-corrected chi connectivity index (χ3v) is 5.65. The summed E-state index contributed by atoms with van der Waals surface area (Å²) in [5.74, 6) is 6.62. The number of aryl methyl sites for hydroxylation is 2. The summed E-state index contributed by atoms with van der Waals surface area (Å²) >= 11 is 0. The lowest BCUT2D eigenvalue weighted by Crippen LogP contribution is -2.49. The Morgan fingerprint density at radius 3 is 2.24 bits per heavy atom. The second-order valence-corrected chi connectivity index (χ2v) is 7.26. The van der Waals surface area contributed by atoms with Gasteiger partial charge in [-0.2, -0.15) is 0 Å². The molecule has 116 valence electrons. The molecule has 21 heavy (non-hydrogen) atoms. The Hall–Kier alpha value is -0.900. The predicted molar refractivity (Wildman–Crippen MR) is 88.0 cm³/mol. The Morgan fingerprint density at radius 2 is 1.71 bits per heavy atom. The second kappa shape index (κ2) is 6.07. The van der Waals surface area contributed by atoms with Crippen LogP contribution in [0.4, 0.5) is 0 Å². The number of rotatable bonds is 4. The first-order valence-corrected chi connectivity index (χ1v) is 8.32. The molecule has 2 aliphatic rings. The van der Waals surface area contributed by atoms with Crippen LogP contribution in [-0.4, -0.2) is 30.1 Å². The van der Waals surface area contributed by atoms with Crippen LogP contribution >= 0.6 is 0 Å². The molecular weight excluding hydrogens is 258 g/mol. The molecule has 3 rings (SSSR count). The van der Waals surface area contributed by atoms with Crippen molar-refractivity contribution < 1.29 is 0 Å². The molecule has 2 bridgehead atoms. The average molecular weight is 287 g/mol. The minimum Gasteiger partial charge on any atom is -0.300 e. The lowest BCUT2D eigenvalue weighted by molar-refractivity contribution is 0.112. The van der Waals surface area contributed by atoms with Gasteiger partial charge in [-0.25, -0.2) is 0 Å². The summed E-state index contributed by atoms with van der Waals surface area (Å²) in [4.78, 5) is 2.60.